The van der Waals surface area contributed by atoms with Crippen LogP contribution in [0.15, 0.2) is 30.9 Å². The van der Waals surface area contributed by atoms with Gasteiger partial charge in [-0.2, -0.15) is 5.10 Å². The van der Waals surface area contributed by atoms with E-state index in [1.54, 1.807) is 42.6 Å². The molecule has 2 rings (SSSR count). The highest BCUT2D eigenvalue weighted by Gasteiger charge is 2.14. The molecule has 0 spiro atoms. The monoisotopic (exact) mass is 305 g/mol. The molecule has 0 aliphatic rings. The maximum Gasteiger partial charge on any atom is 0.250 e. The largest absolute Gasteiger partial charge is 0.322 e. The highest BCUT2D eigenvalue weighted by atomic mass is 32.2. The Morgan fingerprint density at radius 2 is 2.19 bits per heavy atom. The van der Waals surface area contributed by atoms with Gasteiger partial charge in [0.15, 0.2) is 0 Å². The smallest absolute Gasteiger partial charge is 0.250 e. The van der Waals surface area contributed by atoms with Gasteiger partial charge in [0.25, 0.3) is 0 Å². The van der Waals surface area contributed by atoms with Crippen LogP contribution >= 0.6 is 11.8 Å². The Balaban J connectivity index is 1.92. The lowest BCUT2D eigenvalue weighted by molar-refractivity contribution is -0.115. The van der Waals surface area contributed by atoms with Gasteiger partial charge < -0.3 is 5.32 Å². The molecule has 0 aliphatic carbocycles. The second kappa shape index (κ2) is 7.78. The molecule has 112 valence electrons. The molecule has 21 heavy (non-hydrogen) atoms. The van der Waals surface area contributed by atoms with E-state index in [0.29, 0.717) is 11.6 Å². The third kappa shape index (κ3) is 4.56. The quantitative estimate of drug-likeness (QED) is 0.796. The highest BCUT2D eigenvalue weighted by molar-refractivity contribution is 8.00. The number of thioether (sulfide) groups is 1. The number of nitrogens with zero attached hydrogens (tertiary/aromatic N) is 4. The molecule has 1 atom stereocenters. The van der Waals surface area contributed by atoms with E-state index in [4.69, 9.17) is 0 Å². The van der Waals surface area contributed by atoms with Crippen LogP contribution in [-0.4, -0.2) is 36.7 Å². The summed E-state index contributed by atoms with van der Waals surface area (Å²) < 4.78 is 1.53. The normalized spacial score (nSPS) is 12.1. The lowest BCUT2D eigenvalue weighted by Crippen LogP contribution is -2.22. The zero-order valence-electron chi connectivity index (χ0n) is 12.2. The highest BCUT2D eigenvalue weighted by Crippen LogP contribution is 2.15. The van der Waals surface area contributed by atoms with Crippen molar-refractivity contribution in [3.05, 3.63) is 30.9 Å². The number of nitrogens with one attached hydrogen (secondary N) is 1. The van der Waals surface area contributed by atoms with E-state index in [1.807, 2.05) is 6.92 Å². The van der Waals surface area contributed by atoms with E-state index < -0.39 is 0 Å². The maximum absolute atomic E-state index is 12.1. The number of aromatic nitrogens is 4. The molecule has 0 unspecified atom stereocenters. The van der Waals surface area contributed by atoms with Crippen LogP contribution in [0, 0.1) is 0 Å². The van der Waals surface area contributed by atoms with Crippen molar-refractivity contribution < 1.29 is 4.79 Å². The Bertz CT molecular complexity index is 572. The number of carbonyl (C=O) groups excluding carboxylic acids is 1. The predicted molar refractivity (Wildman–Crippen MR) is 84.6 cm³/mol. The Hall–Kier alpha value is -1.89. The number of hydrogen-bond acceptors (Lipinski definition) is 5. The molecule has 0 saturated carbocycles. The van der Waals surface area contributed by atoms with Gasteiger partial charge in [-0.3, -0.25) is 4.79 Å². The molecule has 0 fully saturated rings. The topological polar surface area (TPSA) is 72.7 Å². The van der Waals surface area contributed by atoms with Gasteiger partial charge in [0.1, 0.15) is 0 Å². The number of rotatable bonds is 7. The second-order valence-electron chi connectivity index (χ2n) is 4.58. The van der Waals surface area contributed by atoms with Crippen molar-refractivity contribution in [3.63, 3.8) is 0 Å². The van der Waals surface area contributed by atoms with Gasteiger partial charge in [0.2, 0.25) is 11.9 Å². The van der Waals surface area contributed by atoms with Crippen LogP contribution in [0.5, 0.6) is 0 Å². The molecule has 2 heterocycles. The lowest BCUT2D eigenvalue weighted by atomic mass is 10.4. The molecule has 0 radical (unpaired) electrons. The minimum atomic E-state index is -0.0760. The number of anilines is 1. The van der Waals surface area contributed by atoms with E-state index in [-0.39, 0.29) is 11.2 Å². The number of carbonyl (C=O) groups is 1. The number of unbranched alkanes of at least 4 members (excludes halogenated alkanes) is 1. The first kappa shape index (κ1) is 15.5. The average molecular weight is 305 g/mol. The van der Waals surface area contributed by atoms with Crippen molar-refractivity contribution >= 4 is 23.4 Å². The Morgan fingerprint density at radius 3 is 2.90 bits per heavy atom. The fourth-order valence-electron chi connectivity index (χ4n) is 1.63. The van der Waals surface area contributed by atoms with Crippen molar-refractivity contribution in [1.29, 1.82) is 0 Å². The standard InChI is InChI=1S/C14H19N5OS/c1-3-4-8-21-11(2)13(20)18-12-9-17-19(10-12)14-15-6-5-7-16-14/h5-7,9-11H,3-4,8H2,1-2H3,(H,18,20)/t11-/m0/s1. The van der Waals surface area contributed by atoms with E-state index in [1.165, 1.54) is 4.68 Å². The van der Waals surface area contributed by atoms with Crippen molar-refractivity contribution in [1.82, 2.24) is 19.7 Å². The number of hydrogen-bond donors (Lipinski definition) is 1. The summed E-state index contributed by atoms with van der Waals surface area (Å²) >= 11 is 1.67. The molecule has 7 heteroatoms. The summed E-state index contributed by atoms with van der Waals surface area (Å²) in [4.78, 5) is 20.3. The predicted octanol–water partition coefficient (Wildman–Crippen LogP) is 2.52. The van der Waals surface area contributed by atoms with Crippen LogP contribution in [0.3, 0.4) is 0 Å². The first-order valence-corrected chi connectivity index (χ1v) is 8.00. The Kier molecular flexibility index (Phi) is 5.74. The first-order valence-electron chi connectivity index (χ1n) is 6.95. The SMILES string of the molecule is CCCCS[C@@H](C)C(=O)Nc1cnn(-c2ncccn2)c1. The summed E-state index contributed by atoms with van der Waals surface area (Å²) in [5.41, 5.74) is 0.649. The van der Waals surface area contributed by atoms with Crippen LogP contribution in [0.2, 0.25) is 0 Å². The molecule has 2 aromatic heterocycles. The van der Waals surface area contributed by atoms with Crippen molar-refractivity contribution in [2.24, 2.45) is 0 Å². The average Bonchev–Trinajstić information content (AvgIpc) is 2.97. The summed E-state index contributed by atoms with van der Waals surface area (Å²) in [5.74, 6) is 1.47. The molecule has 1 amide bonds. The maximum atomic E-state index is 12.1. The van der Waals surface area contributed by atoms with Crippen LogP contribution in [0.25, 0.3) is 5.95 Å². The molecule has 2 aromatic rings. The zero-order valence-corrected chi connectivity index (χ0v) is 13.0. The fraction of sp³-hybridized carbons (Fsp3) is 0.429. The Labute approximate surface area is 128 Å². The molecule has 0 aromatic carbocycles. The van der Waals surface area contributed by atoms with Gasteiger partial charge in [-0.25, -0.2) is 14.6 Å². The van der Waals surface area contributed by atoms with Crippen LogP contribution < -0.4 is 5.32 Å². The molecule has 0 bridgehead atoms. The minimum Gasteiger partial charge on any atom is -0.322 e. The van der Waals surface area contributed by atoms with Gasteiger partial charge in [0, 0.05) is 12.4 Å². The third-order valence-corrected chi connectivity index (χ3v) is 4.08. The van der Waals surface area contributed by atoms with Crippen LogP contribution in [0.4, 0.5) is 5.69 Å². The van der Waals surface area contributed by atoms with E-state index in [2.05, 4.69) is 27.3 Å². The molecule has 6 nitrogen and oxygen atoms in total. The summed E-state index contributed by atoms with van der Waals surface area (Å²) in [6, 6.07) is 1.74. The Morgan fingerprint density at radius 1 is 1.43 bits per heavy atom. The summed E-state index contributed by atoms with van der Waals surface area (Å²) in [6.07, 6.45) is 8.87. The number of amides is 1. The van der Waals surface area contributed by atoms with Gasteiger partial charge in [-0.15, -0.1) is 11.8 Å². The summed E-state index contributed by atoms with van der Waals surface area (Å²) in [5, 5.41) is 6.93. The lowest BCUT2D eigenvalue weighted by Gasteiger charge is -2.10. The van der Waals surface area contributed by atoms with Gasteiger partial charge in [-0.05, 0) is 25.2 Å². The molecular weight excluding hydrogens is 286 g/mol. The first-order chi connectivity index (χ1) is 10.2. The zero-order chi connectivity index (χ0) is 15.1. The van der Waals surface area contributed by atoms with E-state index in [9.17, 15) is 4.79 Å². The third-order valence-electron chi connectivity index (χ3n) is 2.84. The molecular formula is C14H19N5OS. The van der Waals surface area contributed by atoms with E-state index in [0.717, 1.165) is 18.6 Å². The minimum absolute atomic E-state index is 0.00960. The van der Waals surface area contributed by atoms with Crippen molar-refractivity contribution in [3.8, 4) is 5.95 Å². The molecule has 0 saturated heterocycles. The molecule has 0 aliphatic heterocycles. The van der Waals surface area contributed by atoms with Crippen molar-refractivity contribution in [2.75, 3.05) is 11.1 Å². The van der Waals surface area contributed by atoms with Crippen LogP contribution in [0.1, 0.15) is 26.7 Å². The summed E-state index contributed by atoms with van der Waals surface area (Å²) in [6.45, 7) is 4.06. The van der Waals surface area contributed by atoms with E-state index >= 15 is 0 Å². The molecule has 1 N–H and O–H groups in total. The second-order valence-corrected chi connectivity index (χ2v) is 6.03. The summed E-state index contributed by atoms with van der Waals surface area (Å²) in [7, 11) is 0. The fourth-order valence-corrected chi connectivity index (χ4v) is 2.65. The van der Waals surface area contributed by atoms with Gasteiger partial charge >= 0.3 is 0 Å². The van der Waals surface area contributed by atoms with Gasteiger partial charge in [-0.1, -0.05) is 13.3 Å². The van der Waals surface area contributed by atoms with Crippen LogP contribution in [-0.2, 0) is 4.79 Å². The van der Waals surface area contributed by atoms with Crippen molar-refractivity contribution in [2.45, 2.75) is 31.9 Å². The van der Waals surface area contributed by atoms with Gasteiger partial charge in [0.05, 0.1) is 23.3 Å².